The van der Waals surface area contributed by atoms with Gasteiger partial charge >= 0.3 is 0 Å². The normalized spacial score (nSPS) is 11.0. The van der Waals surface area contributed by atoms with E-state index in [1.807, 2.05) is 12.1 Å². The topological polar surface area (TPSA) is 63.8 Å². The van der Waals surface area contributed by atoms with Crippen LogP contribution in [0.2, 0.25) is 0 Å². The number of aromatic nitrogens is 2. The van der Waals surface area contributed by atoms with Crippen molar-refractivity contribution in [2.24, 2.45) is 5.84 Å². The van der Waals surface area contributed by atoms with Crippen LogP contribution >= 0.6 is 11.3 Å². The van der Waals surface area contributed by atoms with E-state index in [0.717, 1.165) is 16.3 Å². The van der Waals surface area contributed by atoms with Gasteiger partial charge in [0, 0.05) is 15.5 Å². The van der Waals surface area contributed by atoms with Crippen molar-refractivity contribution in [3.8, 4) is 0 Å². The van der Waals surface area contributed by atoms with E-state index < -0.39 is 0 Å². The van der Waals surface area contributed by atoms with Crippen LogP contribution in [-0.4, -0.2) is 10.2 Å². The van der Waals surface area contributed by atoms with Crippen LogP contribution in [0.5, 0.6) is 0 Å². The van der Waals surface area contributed by atoms with Crippen molar-refractivity contribution in [2.45, 2.75) is 0 Å². The number of anilines is 1. The van der Waals surface area contributed by atoms with Gasteiger partial charge in [0.15, 0.2) is 5.82 Å². The summed E-state index contributed by atoms with van der Waals surface area (Å²) in [6, 6.07) is 8.07. The van der Waals surface area contributed by atoms with E-state index in [2.05, 4.69) is 33.1 Å². The molecular weight excluding hydrogens is 208 g/mol. The van der Waals surface area contributed by atoms with Crippen molar-refractivity contribution in [1.82, 2.24) is 10.2 Å². The van der Waals surface area contributed by atoms with Gasteiger partial charge in [0.1, 0.15) is 5.52 Å². The number of nitrogens with two attached hydrogens (primary N) is 1. The summed E-state index contributed by atoms with van der Waals surface area (Å²) in [7, 11) is 0. The van der Waals surface area contributed by atoms with Crippen LogP contribution in [0.15, 0.2) is 29.6 Å². The van der Waals surface area contributed by atoms with Crippen molar-refractivity contribution in [3.05, 3.63) is 29.6 Å². The lowest BCUT2D eigenvalue weighted by molar-refractivity contribution is 1.06. The monoisotopic (exact) mass is 216 g/mol. The molecule has 0 amide bonds. The van der Waals surface area contributed by atoms with E-state index in [4.69, 9.17) is 5.84 Å². The minimum atomic E-state index is 0.581. The standard InChI is InChI=1S/C10H8N4S/c11-12-9-5-6-1-2-8-7(3-4-15-8)10(6)14-13-9/h1-5H,11H2,(H,12,13). The molecule has 0 atom stereocenters. The summed E-state index contributed by atoms with van der Waals surface area (Å²) in [6.45, 7) is 0. The predicted molar refractivity (Wildman–Crippen MR) is 62.7 cm³/mol. The van der Waals surface area contributed by atoms with Gasteiger partial charge in [0.05, 0.1) is 0 Å². The number of nitrogens with zero attached hydrogens (tertiary/aromatic N) is 2. The van der Waals surface area contributed by atoms with E-state index in [1.165, 1.54) is 4.70 Å². The number of hydrazine groups is 1. The van der Waals surface area contributed by atoms with Crippen molar-refractivity contribution >= 4 is 38.1 Å². The van der Waals surface area contributed by atoms with Gasteiger partial charge in [0.2, 0.25) is 0 Å². The van der Waals surface area contributed by atoms with Gasteiger partial charge < -0.3 is 5.43 Å². The molecule has 0 aliphatic carbocycles. The molecule has 4 nitrogen and oxygen atoms in total. The molecule has 0 bridgehead atoms. The van der Waals surface area contributed by atoms with Crippen molar-refractivity contribution in [2.75, 3.05) is 5.43 Å². The van der Waals surface area contributed by atoms with Crippen LogP contribution in [0.1, 0.15) is 0 Å². The fourth-order valence-corrected chi connectivity index (χ4v) is 2.41. The number of hydrogen-bond donors (Lipinski definition) is 2. The third-order valence-electron chi connectivity index (χ3n) is 2.34. The lowest BCUT2D eigenvalue weighted by Crippen LogP contribution is -2.08. The van der Waals surface area contributed by atoms with E-state index in [1.54, 1.807) is 11.3 Å². The van der Waals surface area contributed by atoms with Crippen molar-refractivity contribution < 1.29 is 0 Å². The van der Waals surface area contributed by atoms with Gasteiger partial charge in [-0.2, -0.15) is 0 Å². The number of thiophene rings is 1. The highest BCUT2D eigenvalue weighted by molar-refractivity contribution is 7.17. The fourth-order valence-electron chi connectivity index (χ4n) is 1.62. The molecule has 5 heteroatoms. The summed E-state index contributed by atoms with van der Waals surface area (Å²) in [6.07, 6.45) is 0. The molecule has 1 aromatic carbocycles. The van der Waals surface area contributed by atoms with Gasteiger partial charge in [-0.1, -0.05) is 6.07 Å². The summed E-state index contributed by atoms with van der Waals surface area (Å²) in [5, 5.41) is 12.4. The first-order valence-corrected chi connectivity index (χ1v) is 5.37. The minimum absolute atomic E-state index is 0.581. The smallest absolute Gasteiger partial charge is 0.163 e. The first-order valence-electron chi connectivity index (χ1n) is 4.49. The summed E-state index contributed by atoms with van der Waals surface area (Å²) >= 11 is 1.70. The maximum Gasteiger partial charge on any atom is 0.163 e. The number of rotatable bonds is 1. The molecule has 0 saturated heterocycles. The van der Waals surface area contributed by atoms with Gasteiger partial charge in [-0.3, -0.25) is 0 Å². The zero-order valence-corrected chi connectivity index (χ0v) is 8.58. The maximum absolute atomic E-state index is 5.28. The molecule has 15 heavy (non-hydrogen) atoms. The number of hydrogen-bond acceptors (Lipinski definition) is 5. The molecule has 74 valence electrons. The van der Waals surface area contributed by atoms with E-state index in [-0.39, 0.29) is 0 Å². The fraction of sp³-hybridized carbons (Fsp3) is 0. The molecule has 2 aromatic heterocycles. The molecule has 0 unspecified atom stereocenters. The Labute approximate surface area is 89.7 Å². The van der Waals surface area contributed by atoms with Gasteiger partial charge in [0.25, 0.3) is 0 Å². The van der Waals surface area contributed by atoms with Gasteiger partial charge in [-0.15, -0.1) is 21.5 Å². The average molecular weight is 216 g/mol. The van der Waals surface area contributed by atoms with Crippen molar-refractivity contribution in [1.29, 1.82) is 0 Å². The van der Waals surface area contributed by atoms with Crippen molar-refractivity contribution in [3.63, 3.8) is 0 Å². The molecule has 0 aliphatic heterocycles. The highest BCUT2D eigenvalue weighted by Gasteiger charge is 2.04. The number of benzene rings is 1. The SMILES string of the molecule is NNc1cc2ccc3sccc3c2nn1. The summed E-state index contributed by atoms with van der Waals surface area (Å²) in [5.74, 6) is 5.86. The molecule has 3 N–H and O–H groups in total. The first-order chi connectivity index (χ1) is 7.38. The molecule has 2 heterocycles. The highest BCUT2D eigenvalue weighted by atomic mass is 32.1. The summed E-state index contributed by atoms with van der Waals surface area (Å²) in [4.78, 5) is 0. The Morgan fingerprint density at radius 1 is 1.20 bits per heavy atom. The number of nitrogen functional groups attached to an aromatic ring is 1. The molecule has 0 saturated carbocycles. The van der Waals surface area contributed by atoms with Gasteiger partial charge in [-0.25, -0.2) is 5.84 Å². The van der Waals surface area contributed by atoms with Crippen LogP contribution in [-0.2, 0) is 0 Å². The lowest BCUT2D eigenvalue weighted by atomic mass is 10.2. The highest BCUT2D eigenvalue weighted by Crippen LogP contribution is 2.27. The Balaban J connectivity index is 2.44. The number of nitrogens with one attached hydrogen (secondary N) is 1. The Kier molecular flexibility index (Phi) is 1.80. The Morgan fingerprint density at radius 2 is 2.13 bits per heavy atom. The second-order valence-electron chi connectivity index (χ2n) is 3.21. The van der Waals surface area contributed by atoms with Crippen LogP contribution in [0.3, 0.4) is 0 Å². The molecule has 0 fully saturated rings. The number of fused-ring (bicyclic) bond motifs is 3. The summed E-state index contributed by atoms with van der Waals surface area (Å²) in [5.41, 5.74) is 3.41. The van der Waals surface area contributed by atoms with E-state index in [0.29, 0.717) is 5.82 Å². The third-order valence-corrected chi connectivity index (χ3v) is 3.22. The van der Waals surface area contributed by atoms with Crippen LogP contribution in [0.25, 0.3) is 21.0 Å². The average Bonchev–Trinajstić information content (AvgIpc) is 2.76. The Morgan fingerprint density at radius 3 is 3.00 bits per heavy atom. The molecule has 0 spiro atoms. The molecule has 3 rings (SSSR count). The zero-order valence-electron chi connectivity index (χ0n) is 7.77. The second-order valence-corrected chi connectivity index (χ2v) is 4.16. The molecule has 0 aliphatic rings. The van der Waals surface area contributed by atoms with Crippen LogP contribution < -0.4 is 11.3 Å². The summed E-state index contributed by atoms with van der Waals surface area (Å²) < 4.78 is 1.23. The minimum Gasteiger partial charge on any atom is -0.307 e. The van der Waals surface area contributed by atoms with Gasteiger partial charge in [-0.05, 0) is 23.6 Å². The maximum atomic E-state index is 5.28. The van der Waals surface area contributed by atoms with E-state index in [9.17, 15) is 0 Å². The molecular formula is C10H8N4S. The zero-order chi connectivity index (χ0) is 10.3. The molecule has 0 radical (unpaired) electrons. The first kappa shape index (κ1) is 8.58. The second kappa shape index (κ2) is 3.15. The quantitative estimate of drug-likeness (QED) is 0.483. The molecule has 3 aromatic rings. The Hall–Kier alpha value is -1.72. The Bertz CT molecular complexity index is 631. The third kappa shape index (κ3) is 1.25. The lowest BCUT2D eigenvalue weighted by Gasteiger charge is -2.01. The van der Waals surface area contributed by atoms with E-state index >= 15 is 0 Å². The van der Waals surface area contributed by atoms with Crippen LogP contribution in [0.4, 0.5) is 5.82 Å². The predicted octanol–water partition coefficient (Wildman–Crippen LogP) is 2.13. The largest absolute Gasteiger partial charge is 0.307 e. The van der Waals surface area contributed by atoms with Crippen LogP contribution in [0, 0.1) is 0 Å².